The molecule has 74 valence electrons. The standard InChI is InChI=1S/C11H12ClNO/c12-9-4-1-5-10-11(9)8(7-13-10)3-2-6-14/h1,4-5,7,13-14H,2-3,6H2. The van der Waals surface area contributed by atoms with Gasteiger partial charge < -0.3 is 10.1 Å². The maximum absolute atomic E-state index is 8.76. The summed E-state index contributed by atoms with van der Waals surface area (Å²) >= 11 is 6.10. The van der Waals surface area contributed by atoms with Crippen LogP contribution in [0.2, 0.25) is 5.02 Å². The second-order valence-corrected chi connectivity index (χ2v) is 3.71. The summed E-state index contributed by atoms with van der Waals surface area (Å²) in [5.41, 5.74) is 2.24. The van der Waals surface area contributed by atoms with Crippen LogP contribution >= 0.6 is 11.6 Å². The van der Waals surface area contributed by atoms with E-state index >= 15 is 0 Å². The molecule has 0 unspecified atom stereocenters. The van der Waals surface area contributed by atoms with E-state index in [0.29, 0.717) is 0 Å². The first-order chi connectivity index (χ1) is 6.83. The van der Waals surface area contributed by atoms with Gasteiger partial charge in [0.1, 0.15) is 0 Å². The number of aliphatic hydroxyl groups excluding tert-OH is 1. The van der Waals surface area contributed by atoms with Crippen LogP contribution in [-0.2, 0) is 6.42 Å². The normalized spacial score (nSPS) is 11.0. The molecule has 0 amide bonds. The molecule has 2 N–H and O–H groups in total. The Morgan fingerprint density at radius 3 is 3.00 bits per heavy atom. The van der Waals surface area contributed by atoms with Crippen molar-refractivity contribution in [2.75, 3.05) is 6.61 Å². The number of aliphatic hydroxyl groups is 1. The monoisotopic (exact) mass is 209 g/mol. The van der Waals surface area contributed by atoms with Crippen molar-refractivity contribution in [2.45, 2.75) is 12.8 Å². The molecular weight excluding hydrogens is 198 g/mol. The molecule has 2 nitrogen and oxygen atoms in total. The lowest BCUT2D eigenvalue weighted by Gasteiger charge is -1.98. The molecule has 0 atom stereocenters. The summed E-state index contributed by atoms with van der Waals surface area (Å²) in [4.78, 5) is 3.17. The van der Waals surface area contributed by atoms with Gasteiger partial charge in [0.15, 0.2) is 0 Å². The number of aromatic amines is 1. The molecule has 1 aromatic carbocycles. The first-order valence-corrected chi connectivity index (χ1v) is 5.06. The number of hydrogen-bond donors (Lipinski definition) is 2. The Bertz CT molecular complexity index is 436. The van der Waals surface area contributed by atoms with Crippen LogP contribution in [0.1, 0.15) is 12.0 Å². The van der Waals surface area contributed by atoms with E-state index in [9.17, 15) is 0 Å². The van der Waals surface area contributed by atoms with Crippen molar-refractivity contribution in [2.24, 2.45) is 0 Å². The molecule has 2 aromatic rings. The van der Waals surface area contributed by atoms with E-state index in [1.165, 1.54) is 5.56 Å². The number of nitrogens with one attached hydrogen (secondary N) is 1. The lowest BCUT2D eigenvalue weighted by Crippen LogP contribution is -1.87. The summed E-state index contributed by atoms with van der Waals surface area (Å²) in [5, 5.41) is 10.6. The third-order valence-corrected chi connectivity index (χ3v) is 2.66. The number of aryl methyl sites for hydroxylation is 1. The number of rotatable bonds is 3. The number of hydrogen-bond acceptors (Lipinski definition) is 1. The minimum Gasteiger partial charge on any atom is -0.396 e. The lowest BCUT2D eigenvalue weighted by atomic mass is 10.1. The molecule has 0 bridgehead atoms. The molecule has 1 heterocycles. The van der Waals surface area contributed by atoms with Crippen LogP contribution in [0, 0.1) is 0 Å². The maximum atomic E-state index is 8.76. The molecule has 0 aliphatic rings. The highest BCUT2D eigenvalue weighted by Crippen LogP contribution is 2.27. The Labute approximate surface area is 87.5 Å². The zero-order valence-corrected chi connectivity index (χ0v) is 8.51. The van der Waals surface area contributed by atoms with Crippen molar-refractivity contribution in [1.29, 1.82) is 0 Å². The molecule has 0 spiro atoms. The Kier molecular flexibility index (Phi) is 2.75. The van der Waals surface area contributed by atoms with Crippen molar-refractivity contribution >= 4 is 22.5 Å². The Balaban J connectivity index is 2.45. The van der Waals surface area contributed by atoms with E-state index < -0.39 is 0 Å². The van der Waals surface area contributed by atoms with E-state index in [1.807, 2.05) is 24.4 Å². The highest BCUT2D eigenvalue weighted by molar-refractivity contribution is 6.35. The average molecular weight is 210 g/mol. The topological polar surface area (TPSA) is 36.0 Å². The van der Waals surface area contributed by atoms with Crippen molar-refractivity contribution in [1.82, 2.24) is 4.98 Å². The van der Waals surface area contributed by atoms with Crippen LogP contribution in [0.15, 0.2) is 24.4 Å². The Morgan fingerprint density at radius 2 is 2.21 bits per heavy atom. The zero-order valence-electron chi connectivity index (χ0n) is 7.76. The number of fused-ring (bicyclic) bond motifs is 1. The van der Waals surface area contributed by atoms with Gasteiger partial charge in [-0.15, -0.1) is 0 Å². The molecule has 0 saturated carbocycles. The van der Waals surface area contributed by atoms with Crippen LogP contribution in [-0.4, -0.2) is 16.7 Å². The molecule has 14 heavy (non-hydrogen) atoms. The lowest BCUT2D eigenvalue weighted by molar-refractivity contribution is 0.289. The van der Waals surface area contributed by atoms with Crippen molar-refractivity contribution in [3.05, 3.63) is 35.0 Å². The van der Waals surface area contributed by atoms with Gasteiger partial charge >= 0.3 is 0 Å². The van der Waals surface area contributed by atoms with E-state index in [0.717, 1.165) is 28.8 Å². The van der Waals surface area contributed by atoms with Crippen molar-refractivity contribution < 1.29 is 5.11 Å². The third-order valence-electron chi connectivity index (χ3n) is 2.34. The summed E-state index contributed by atoms with van der Waals surface area (Å²) in [6.45, 7) is 0.219. The number of benzene rings is 1. The largest absolute Gasteiger partial charge is 0.396 e. The van der Waals surface area contributed by atoms with E-state index in [2.05, 4.69) is 4.98 Å². The fourth-order valence-electron chi connectivity index (χ4n) is 1.67. The van der Waals surface area contributed by atoms with Gasteiger partial charge in [-0.25, -0.2) is 0 Å². The second-order valence-electron chi connectivity index (χ2n) is 3.30. The maximum Gasteiger partial charge on any atom is 0.0502 e. The fraction of sp³-hybridized carbons (Fsp3) is 0.273. The predicted octanol–water partition coefficient (Wildman–Crippen LogP) is 2.75. The SMILES string of the molecule is OCCCc1c[nH]c2cccc(Cl)c12. The first kappa shape index (κ1) is 9.56. The van der Waals surface area contributed by atoms with Gasteiger partial charge in [0.2, 0.25) is 0 Å². The van der Waals surface area contributed by atoms with Gasteiger partial charge in [-0.1, -0.05) is 17.7 Å². The van der Waals surface area contributed by atoms with Gasteiger partial charge in [-0.3, -0.25) is 0 Å². The summed E-state index contributed by atoms with van der Waals surface area (Å²) in [6, 6.07) is 5.82. The first-order valence-electron chi connectivity index (χ1n) is 4.68. The van der Waals surface area contributed by atoms with E-state index in [1.54, 1.807) is 0 Å². The van der Waals surface area contributed by atoms with Gasteiger partial charge in [0, 0.05) is 23.7 Å². The van der Waals surface area contributed by atoms with Gasteiger partial charge in [-0.05, 0) is 30.5 Å². The summed E-state index contributed by atoms with van der Waals surface area (Å²) < 4.78 is 0. The molecule has 1 aromatic heterocycles. The van der Waals surface area contributed by atoms with Gasteiger partial charge in [0.25, 0.3) is 0 Å². The van der Waals surface area contributed by atoms with Crippen LogP contribution in [0.3, 0.4) is 0 Å². The summed E-state index contributed by atoms with van der Waals surface area (Å²) in [6.07, 6.45) is 3.60. The zero-order chi connectivity index (χ0) is 9.97. The van der Waals surface area contributed by atoms with Gasteiger partial charge in [0.05, 0.1) is 5.02 Å². The molecule has 0 saturated heterocycles. The molecule has 2 rings (SSSR count). The van der Waals surface area contributed by atoms with Crippen molar-refractivity contribution in [3.63, 3.8) is 0 Å². The van der Waals surface area contributed by atoms with E-state index in [4.69, 9.17) is 16.7 Å². The molecule has 0 fully saturated rings. The minimum atomic E-state index is 0.219. The van der Waals surface area contributed by atoms with Gasteiger partial charge in [-0.2, -0.15) is 0 Å². The van der Waals surface area contributed by atoms with Crippen LogP contribution < -0.4 is 0 Å². The summed E-state index contributed by atoms with van der Waals surface area (Å²) in [5.74, 6) is 0. The smallest absolute Gasteiger partial charge is 0.0502 e. The number of aromatic nitrogens is 1. The minimum absolute atomic E-state index is 0.219. The molecule has 3 heteroatoms. The Hall–Kier alpha value is -0.990. The average Bonchev–Trinajstić information content (AvgIpc) is 2.59. The van der Waals surface area contributed by atoms with Crippen molar-refractivity contribution in [3.8, 4) is 0 Å². The highest BCUT2D eigenvalue weighted by Gasteiger charge is 2.06. The summed E-state index contributed by atoms with van der Waals surface area (Å²) in [7, 11) is 0. The van der Waals surface area contributed by atoms with Crippen LogP contribution in [0.4, 0.5) is 0 Å². The van der Waals surface area contributed by atoms with Crippen LogP contribution in [0.5, 0.6) is 0 Å². The Morgan fingerprint density at radius 1 is 1.36 bits per heavy atom. The molecular formula is C11H12ClNO. The predicted molar refractivity (Wildman–Crippen MR) is 58.7 cm³/mol. The number of halogens is 1. The van der Waals surface area contributed by atoms with Crippen LogP contribution in [0.25, 0.3) is 10.9 Å². The number of H-pyrrole nitrogens is 1. The quantitative estimate of drug-likeness (QED) is 0.801. The molecule has 0 aliphatic heterocycles. The second kappa shape index (κ2) is 4.03. The fourth-order valence-corrected chi connectivity index (χ4v) is 1.97. The molecule has 0 radical (unpaired) electrons. The van der Waals surface area contributed by atoms with E-state index in [-0.39, 0.29) is 6.61 Å². The highest BCUT2D eigenvalue weighted by atomic mass is 35.5. The third kappa shape index (κ3) is 1.63. The molecule has 0 aliphatic carbocycles.